The van der Waals surface area contributed by atoms with Crippen LogP contribution in [0.1, 0.15) is 5.56 Å². The number of amides is 2. The molecule has 9 heteroatoms. The molecule has 2 aromatic rings. The molecular weight excluding hydrogens is 433 g/mol. The van der Waals surface area contributed by atoms with Crippen molar-refractivity contribution in [2.24, 2.45) is 5.10 Å². The van der Waals surface area contributed by atoms with Gasteiger partial charge >= 0.3 is 11.8 Å². The van der Waals surface area contributed by atoms with E-state index < -0.39 is 11.8 Å². The van der Waals surface area contributed by atoms with E-state index in [1.165, 1.54) is 25.5 Å². The summed E-state index contributed by atoms with van der Waals surface area (Å²) in [6.45, 7) is 0. The summed E-state index contributed by atoms with van der Waals surface area (Å²) < 4.78 is 5.99. The number of hydrogen-bond acceptors (Lipinski definition) is 4. The Labute approximate surface area is 162 Å². The summed E-state index contributed by atoms with van der Waals surface area (Å²) in [5.74, 6) is -1.32. The van der Waals surface area contributed by atoms with Crippen LogP contribution >= 0.6 is 39.1 Å². The van der Waals surface area contributed by atoms with E-state index in [9.17, 15) is 9.59 Å². The SMILES string of the molecule is COc1ccc(Br)cc1/C=N\NC(=O)C(=O)Nc1cc(Cl)ccc1Cl. The van der Waals surface area contributed by atoms with Gasteiger partial charge in [-0.15, -0.1) is 0 Å². The molecule has 0 radical (unpaired) electrons. The molecule has 2 N–H and O–H groups in total. The minimum Gasteiger partial charge on any atom is -0.496 e. The topological polar surface area (TPSA) is 79.8 Å². The molecule has 0 heterocycles. The van der Waals surface area contributed by atoms with Crippen molar-refractivity contribution in [3.05, 3.63) is 56.5 Å². The average Bonchev–Trinajstić information content (AvgIpc) is 2.58. The van der Waals surface area contributed by atoms with Crippen LogP contribution in [0, 0.1) is 0 Å². The number of halogens is 3. The number of anilines is 1. The number of rotatable bonds is 4. The second-order valence-corrected chi connectivity index (χ2v) is 6.42. The van der Waals surface area contributed by atoms with Crippen LogP contribution in [0.4, 0.5) is 5.69 Å². The van der Waals surface area contributed by atoms with Crippen molar-refractivity contribution in [1.82, 2.24) is 5.43 Å². The Kier molecular flexibility index (Phi) is 6.81. The molecule has 6 nitrogen and oxygen atoms in total. The minimum atomic E-state index is -0.957. The van der Waals surface area contributed by atoms with Gasteiger partial charge in [0.2, 0.25) is 0 Å². The Balaban J connectivity index is 2.01. The largest absolute Gasteiger partial charge is 0.496 e. The highest BCUT2D eigenvalue weighted by molar-refractivity contribution is 9.10. The smallest absolute Gasteiger partial charge is 0.329 e. The normalized spacial score (nSPS) is 10.6. The summed E-state index contributed by atoms with van der Waals surface area (Å²) in [5.41, 5.74) is 2.98. The summed E-state index contributed by atoms with van der Waals surface area (Å²) in [7, 11) is 1.52. The first-order valence-corrected chi connectivity index (χ1v) is 8.38. The predicted molar refractivity (Wildman–Crippen MR) is 102 cm³/mol. The number of hydrogen-bond donors (Lipinski definition) is 2. The average molecular weight is 445 g/mol. The third-order valence-corrected chi connectivity index (χ3v) is 4.00. The summed E-state index contributed by atoms with van der Waals surface area (Å²) in [6.07, 6.45) is 1.36. The molecule has 0 atom stereocenters. The van der Waals surface area contributed by atoms with Gasteiger partial charge in [0.1, 0.15) is 5.75 Å². The number of nitrogens with one attached hydrogen (secondary N) is 2. The van der Waals surface area contributed by atoms with E-state index >= 15 is 0 Å². The number of carbonyl (C=O) groups is 2. The second-order valence-electron chi connectivity index (χ2n) is 4.66. The molecule has 0 fully saturated rings. The lowest BCUT2D eigenvalue weighted by molar-refractivity contribution is -0.136. The Morgan fingerprint density at radius 1 is 1.16 bits per heavy atom. The fourth-order valence-corrected chi connectivity index (χ4v) is 2.51. The van der Waals surface area contributed by atoms with E-state index in [4.69, 9.17) is 27.9 Å². The molecule has 0 unspecified atom stereocenters. The molecule has 0 saturated heterocycles. The molecule has 2 aromatic carbocycles. The molecular formula is C16H12BrCl2N3O3. The molecule has 0 spiro atoms. The molecule has 0 aliphatic carbocycles. The lowest BCUT2D eigenvalue weighted by atomic mass is 10.2. The third-order valence-electron chi connectivity index (χ3n) is 2.94. The quantitative estimate of drug-likeness (QED) is 0.427. The Bertz CT molecular complexity index is 843. The monoisotopic (exact) mass is 443 g/mol. The number of benzene rings is 2. The van der Waals surface area contributed by atoms with Crippen molar-refractivity contribution in [1.29, 1.82) is 0 Å². The number of nitrogens with zero attached hydrogens (tertiary/aromatic N) is 1. The van der Waals surface area contributed by atoms with E-state index in [1.54, 1.807) is 24.3 Å². The highest BCUT2D eigenvalue weighted by Gasteiger charge is 2.14. The molecule has 0 aromatic heterocycles. The van der Waals surface area contributed by atoms with Crippen LogP contribution in [0.2, 0.25) is 10.0 Å². The number of ether oxygens (including phenoxy) is 1. The highest BCUT2D eigenvalue weighted by atomic mass is 79.9. The number of methoxy groups -OCH3 is 1. The van der Waals surface area contributed by atoms with Gasteiger partial charge in [-0.1, -0.05) is 39.1 Å². The zero-order chi connectivity index (χ0) is 18.4. The van der Waals surface area contributed by atoms with E-state index in [0.717, 1.165) is 4.47 Å². The Hall–Kier alpha value is -2.09. The fourth-order valence-electron chi connectivity index (χ4n) is 1.79. The van der Waals surface area contributed by atoms with Crippen molar-refractivity contribution in [2.45, 2.75) is 0 Å². The van der Waals surface area contributed by atoms with Crippen molar-refractivity contribution in [3.63, 3.8) is 0 Å². The number of carbonyl (C=O) groups excluding carboxylic acids is 2. The summed E-state index contributed by atoms with van der Waals surface area (Å²) in [6, 6.07) is 9.80. The summed E-state index contributed by atoms with van der Waals surface area (Å²) in [5, 5.41) is 6.74. The molecule has 130 valence electrons. The molecule has 0 bridgehead atoms. The van der Waals surface area contributed by atoms with Gasteiger partial charge in [0.25, 0.3) is 0 Å². The van der Waals surface area contributed by atoms with E-state index in [0.29, 0.717) is 16.3 Å². The molecule has 0 aliphatic heterocycles. The molecule has 2 amide bonds. The standard InChI is InChI=1S/C16H12BrCl2N3O3/c1-25-14-5-2-10(17)6-9(14)8-20-22-16(24)15(23)21-13-7-11(18)3-4-12(13)19/h2-8H,1H3,(H,21,23)(H,22,24)/b20-8-. The first kappa shape index (κ1) is 19.2. The van der Waals surface area contributed by atoms with Gasteiger partial charge in [-0.2, -0.15) is 5.10 Å². The minimum absolute atomic E-state index is 0.229. The van der Waals surface area contributed by atoms with Crippen molar-refractivity contribution >= 4 is 62.8 Å². The summed E-state index contributed by atoms with van der Waals surface area (Å²) >= 11 is 15.1. The molecule has 25 heavy (non-hydrogen) atoms. The van der Waals surface area contributed by atoms with Gasteiger partial charge in [-0.3, -0.25) is 9.59 Å². The van der Waals surface area contributed by atoms with E-state index in [1.807, 2.05) is 0 Å². The van der Waals surface area contributed by atoms with Crippen LogP contribution < -0.4 is 15.5 Å². The van der Waals surface area contributed by atoms with Crippen LogP contribution in [-0.4, -0.2) is 25.1 Å². The maximum absolute atomic E-state index is 11.9. The predicted octanol–water partition coefficient (Wildman–Crippen LogP) is 3.85. The van der Waals surface area contributed by atoms with Gasteiger partial charge in [0.05, 0.1) is 24.0 Å². The maximum Gasteiger partial charge on any atom is 0.329 e. The van der Waals surface area contributed by atoms with Crippen LogP contribution in [0.3, 0.4) is 0 Å². The molecule has 0 saturated carbocycles. The van der Waals surface area contributed by atoms with E-state index in [2.05, 4.69) is 31.8 Å². The first-order chi connectivity index (χ1) is 11.9. The van der Waals surface area contributed by atoms with Crippen molar-refractivity contribution in [3.8, 4) is 5.75 Å². The number of hydrazone groups is 1. The van der Waals surface area contributed by atoms with Gasteiger partial charge in [-0.25, -0.2) is 5.43 Å². The fraction of sp³-hybridized carbons (Fsp3) is 0.0625. The Morgan fingerprint density at radius 2 is 1.92 bits per heavy atom. The zero-order valence-corrected chi connectivity index (χ0v) is 15.9. The zero-order valence-electron chi connectivity index (χ0n) is 12.8. The first-order valence-electron chi connectivity index (χ1n) is 6.83. The Morgan fingerprint density at radius 3 is 2.64 bits per heavy atom. The second kappa shape index (κ2) is 8.84. The molecule has 0 aliphatic rings. The van der Waals surface area contributed by atoms with Crippen molar-refractivity contribution < 1.29 is 14.3 Å². The van der Waals surface area contributed by atoms with Crippen LogP contribution in [-0.2, 0) is 9.59 Å². The van der Waals surface area contributed by atoms with Gasteiger partial charge in [0.15, 0.2) is 0 Å². The molecule has 2 rings (SSSR count). The maximum atomic E-state index is 11.9. The van der Waals surface area contributed by atoms with Crippen LogP contribution in [0.15, 0.2) is 46.0 Å². The van der Waals surface area contributed by atoms with Crippen LogP contribution in [0.5, 0.6) is 5.75 Å². The van der Waals surface area contributed by atoms with Gasteiger partial charge in [0, 0.05) is 15.1 Å². The lowest BCUT2D eigenvalue weighted by Gasteiger charge is -2.07. The van der Waals surface area contributed by atoms with Gasteiger partial charge < -0.3 is 10.1 Å². The third kappa shape index (κ3) is 5.45. The van der Waals surface area contributed by atoms with Crippen molar-refractivity contribution in [2.75, 3.05) is 12.4 Å². The van der Waals surface area contributed by atoms with Crippen LogP contribution in [0.25, 0.3) is 0 Å². The van der Waals surface area contributed by atoms with Gasteiger partial charge in [-0.05, 0) is 36.4 Å². The summed E-state index contributed by atoms with van der Waals surface area (Å²) in [4.78, 5) is 23.7. The highest BCUT2D eigenvalue weighted by Crippen LogP contribution is 2.25. The lowest BCUT2D eigenvalue weighted by Crippen LogP contribution is -2.32. The van der Waals surface area contributed by atoms with E-state index in [-0.39, 0.29) is 10.7 Å².